The lowest BCUT2D eigenvalue weighted by atomic mass is 10.3. The number of rotatable bonds is 3. The minimum atomic E-state index is -0.686. The number of benzene rings is 1. The summed E-state index contributed by atoms with van der Waals surface area (Å²) in [5.41, 5.74) is 0.776. The van der Waals surface area contributed by atoms with Crippen LogP contribution in [-0.2, 0) is 9.53 Å². The predicted octanol–water partition coefficient (Wildman–Crippen LogP) is 1.59. The first kappa shape index (κ1) is 12.5. The summed E-state index contributed by atoms with van der Waals surface area (Å²) in [5, 5.41) is 2.88. The zero-order valence-electron chi connectivity index (χ0n) is 9.97. The van der Waals surface area contributed by atoms with Crippen molar-refractivity contribution in [2.24, 2.45) is 0 Å². The van der Waals surface area contributed by atoms with Crippen LogP contribution in [0.1, 0.15) is 16.7 Å². The van der Waals surface area contributed by atoms with Gasteiger partial charge in [0.25, 0.3) is 5.91 Å². The second-order valence-electron chi connectivity index (χ2n) is 3.71. The van der Waals surface area contributed by atoms with Crippen molar-refractivity contribution in [2.75, 3.05) is 7.11 Å². The van der Waals surface area contributed by atoms with Gasteiger partial charge >= 0.3 is 5.97 Å². The first-order chi connectivity index (χ1) is 8.61. The number of thiazole rings is 1. The van der Waals surface area contributed by atoms with E-state index in [1.54, 1.807) is 6.92 Å². The van der Waals surface area contributed by atoms with E-state index in [9.17, 15) is 9.59 Å². The van der Waals surface area contributed by atoms with Crippen molar-refractivity contribution in [3.63, 3.8) is 0 Å². The Bertz CT molecular complexity index is 561. The number of ether oxygens (including phenoxy) is 1. The van der Waals surface area contributed by atoms with Gasteiger partial charge in [-0.1, -0.05) is 12.1 Å². The Morgan fingerprint density at radius 1 is 1.39 bits per heavy atom. The molecule has 2 rings (SSSR count). The molecule has 0 aliphatic rings. The van der Waals surface area contributed by atoms with Gasteiger partial charge in [-0.25, -0.2) is 9.78 Å². The van der Waals surface area contributed by atoms with Crippen LogP contribution in [0.25, 0.3) is 10.2 Å². The second-order valence-corrected chi connectivity index (χ2v) is 4.74. The smallest absolute Gasteiger partial charge is 0.328 e. The molecule has 0 saturated carbocycles. The number of methoxy groups -OCH3 is 1. The van der Waals surface area contributed by atoms with E-state index < -0.39 is 12.0 Å². The van der Waals surface area contributed by atoms with Crippen molar-refractivity contribution in [3.8, 4) is 0 Å². The normalized spacial score (nSPS) is 12.1. The SMILES string of the molecule is COC(=O)C(C)NC(=O)c1nc2ccccc2s1. The van der Waals surface area contributed by atoms with Gasteiger partial charge in [0.05, 0.1) is 17.3 Å². The molecule has 0 aliphatic carbocycles. The molecule has 0 fully saturated rings. The number of hydrogen-bond donors (Lipinski definition) is 1. The number of aromatic nitrogens is 1. The summed E-state index contributed by atoms with van der Waals surface area (Å²) in [4.78, 5) is 27.3. The Labute approximate surface area is 108 Å². The Hall–Kier alpha value is -1.95. The molecule has 1 aromatic carbocycles. The molecule has 1 amide bonds. The van der Waals surface area contributed by atoms with Crippen LogP contribution in [0.5, 0.6) is 0 Å². The molecule has 94 valence electrons. The van der Waals surface area contributed by atoms with Gasteiger partial charge in [0.1, 0.15) is 6.04 Å². The van der Waals surface area contributed by atoms with E-state index in [1.807, 2.05) is 24.3 Å². The molecule has 18 heavy (non-hydrogen) atoms. The molecular weight excluding hydrogens is 252 g/mol. The third kappa shape index (κ3) is 2.48. The van der Waals surface area contributed by atoms with Gasteiger partial charge in [0.2, 0.25) is 0 Å². The number of carbonyl (C=O) groups is 2. The van der Waals surface area contributed by atoms with E-state index in [0.29, 0.717) is 5.01 Å². The quantitative estimate of drug-likeness (QED) is 0.855. The van der Waals surface area contributed by atoms with Crippen molar-refractivity contribution < 1.29 is 14.3 Å². The summed E-state index contributed by atoms with van der Waals surface area (Å²) in [7, 11) is 1.28. The molecule has 0 radical (unpaired) electrons. The summed E-state index contributed by atoms with van der Waals surface area (Å²) in [5.74, 6) is -0.849. The number of fused-ring (bicyclic) bond motifs is 1. The van der Waals surface area contributed by atoms with Crippen LogP contribution in [0, 0.1) is 0 Å². The largest absolute Gasteiger partial charge is 0.467 e. The fourth-order valence-electron chi connectivity index (χ4n) is 1.46. The lowest BCUT2D eigenvalue weighted by Crippen LogP contribution is -2.39. The number of carbonyl (C=O) groups excluding carboxylic acids is 2. The lowest BCUT2D eigenvalue weighted by Gasteiger charge is -2.09. The topological polar surface area (TPSA) is 68.3 Å². The summed E-state index contributed by atoms with van der Waals surface area (Å²) in [6, 6.07) is 6.80. The highest BCUT2D eigenvalue weighted by Gasteiger charge is 2.19. The summed E-state index contributed by atoms with van der Waals surface area (Å²) in [6.45, 7) is 1.57. The third-order valence-electron chi connectivity index (χ3n) is 2.39. The van der Waals surface area contributed by atoms with Crippen molar-refractivity contribution in [1.29, 1.82) is 0 Å². The monoisotopic (exact) mass is 264 g/mol. The summed E-state index contributed by atoms with van der Waals surface area (Å²) in [6.07, 6.45) is 0. The van der Waals surface area contributed by atoms with Crippen molar-refractivity contribution >= 4 is 33.4 Å². The molecule has 1 heterocycles. The second kappa shape index (κ2) is 5.14. The summed E-state index contributed by atoms with van der Waals surface area (Å²) < 4.78 is 5.48. The van der Waals surface area contributed by atoms with Crippen molar-refractivity contribution in [1.82, 2.24) is 10.3 Å². The maximum atomic E-state index is 11.9. The van der Waals surface area contributed by atoms with Gasteiger partial charge in [-0.05, 0) is 19.1 Å². The first-order valence-electron chi connectivity index (χ1n) is 5.36. The van der Waals surface area contributed by atoms with Crippen LogP contribution in [0.15, 0.2) is 24.3 Å². The fourth-order valence-corrected chi connectivity index (χ4v) is 2.33. The number of esters is 1. The minimum Gasteiger partial charge on any atom is -0.467 e. The highest BCUT2D eigenvalue weighted by atomic mass is 32.1. The minimum absolute atomic E-state index is 0.340. The molecule has 1 N–H and O–H groups in total. The van der Waals surface area contributed by atoms with E-state index in [2.05, 4.69) is 15.0 Å². The lowest BCUT2D eigenvalue weighted by molar-refractivity contribution is -0.142. The van der Waals surface area contributed by atoms with E-state index in [0.717, 1.165) is 10.2 Å². The maximum Gasteiger partial charge on any atom is 0.328 e. The standard InChI is InChI=1S/C12H12N2O3S/c1-7(12(16)17-2)13-10(15)11-14-8-5-3-4-6-9(8)18-11/h3-7H,1-2H3,(H,13,15). The van der Waals surface area contributed by atoms with E-state index in [1.165, 1.54) is 18.4 Å². The zero-order valence-corrected chi connectivity index (χ0v) is 10.8. The molecule has 0 aliphatic heterocycles. The maximum absolute atomic E-state index is 11.9. The molecule has 0 bridgehead atoms. The van der Waals surface area contributed by atoms with E-state index >= 15 is 0 Å². The number of para-hydroxylation sites is 1. The van der Waals surface area contributed by atoms with Crippen LogP contribution < -0.4 is 5.32 Å². The molecular formula is C12H12N2O3S. The molecule has 1 unspecified atom stereocenters. The van der Waals surface area contributed by atoms with Crippen LogP contribution >= 0.6 is 11.3 Å². The molecule has 2 aromatic rings. The van der Waals surface area contributed by atoms with Crippen LogP contribution in [0.3, 0.4) is 0 Å². The van der Waals surface area contributed by atoms with Crippen molar-refractivity contribution in [2.45, 2.75) is 13.0 Å². The zero-order chi connectivity index (χ0) is 13.1. The van der Waals surface area contributed by atoms with Crippen molar-refractivity contribution in [3.05, 3.63) is 29.3 Å². The Balaban J connectivity index is 2.16. The van der Waals surface area contributed by atoms with Gasteiger partial charge in [-0.2, -0.15) is 0 Å². The van der Waals surface area contributed by atoms with Crippen LogP contribution in [-0.4, -0.2) is 30.0 Å². The average Bonchev–Trinajstić information content (AvgIpc) is 2.81. The molecule has 0 spiro atoms. The molecule has 1 atom stereocenters. The van der Waals surface area contributed by atoms with Gasteiger partial charge in [0, 0.05) is 0 Å². The molecule has 5 nitrogen and oxygen atoms in total. The number of nitrogens with zero attached hydrogens (tertiary/aromatic N) is 1. The first-order valence-corrected chi connectivity index (χ1v) is 6.17. The van der Waals surface area contributed by atoms with Gasteiger partial charge in [0.15, 0.2) is 5.01 Å². The Kier molecular flexibility index (Phi) is 3.57. The molecule has 1 aromatic heterocycles. The summed E-state index contributed by atoms with van der Waals surface area (Å²) >= 11 is 1.29. The predicted molar refractivity (Wildman–Crippen MR) is 68.6 cm³/mol. The van der Waals surface area contributed by atoms with E-state index in [-0.39, 0.29) is 5.91 Å². The fraction of sp³-hybridized carbons (Fsp3) is 0.250. The van der Waals surface area contributed by atoms with E-state index in [4.69, 9.17) is 0 Å². The van der Waals surface area contributed by atoms with Crippen LogP contribution in [0.4, 0.5) is 0 Å². The third-order valence-corrected chi connectivity index (χ3v) is 3.43. The molecule has 6 heteroatoms. The number of hydrogen-bond acceptors (Lipinski definition) is 5. The van der Waals surface area contributed by atoms with Gasteiger partial charge in [-0.3, -0.25) is 4.79 Å². The Morgan fingerprint density at radius 2 is 2.11 bits per heavy atom. The van der Waals surface area contributed by atoms with Crippen LogP contribution in [0.2, 0.25) is 0 Å². The molecule has 0 saturated heterocycles. The number of nitrogens with one attached hydrogen (secondary N) is 1. The highest BCUT2D eigenvalue weighted by molar-refractivity contribution is 7.20. The highest BCUT2D eigenvalue weighted by Crippen LogP contribution is 2.21. The average molecular weight is 264 g/mol. The number of amides is 1. The van der Waals surface area contributed by atoms with Gasteiger partial charge < -0.3 is 10.1 Å². The van der Waals surface area contributed by atoms with Gasteiger partial charge in [-0.15, -0.1) is 11.3 Å². The Morgan fingerprint density at radius 3 is 2.78 bits per heavy atom.